The number of aromatic nitrogens is 5. The molecule has 5 rings (SSSR count). The van der Waals surface area contributed by atoms with Gasteiger partial charge in [0.1, 0.15) is 5.69 Å². The molecule has 0 radical (unpaired) electrons. The van der Waals surface area contributed by atoms with Gasteiger partial charge < -0.3 is 4.90 Å². The molecule has 0 spiro atoms. The van der Waals surface area contributed by atoms with Gasteiger partial charge in [0, 0.05) is 30.9 Å². The SMILES string of the molecule is Cc1ccn2nnc(C3C4CN(C(=O)c5cc(C(C)C)[nH]n5)CC43)c2c1. The smallest absolute Gasteiger partial charge is 0.274 e. The molecular weight excluding hydrogens is 328 g/mol. The third kappa shape index (κ3) is 2.26. The number of hydrogen-bond donors (Lipinski definition) is 1. The number of amides is 1. The number of H-pyrrole nitrogens is 1. The molecule has 1 aliphatic heterocycles. The highest BCUT2D eigenvalue weighted by Crippen LogP contribution is 2.58. The standard InChI is InChI=1S/C19H22N6O/c1-10(2)14-7-15(21-20-14)19(26)24-8-12-13(9-24)17(12)18-16-6-11(3)4-5-25(16)23-22-18/h4-7,10,12-13,17H,8-9H2,1-3H3,(H,20,21). The zero-order valence-corrected chi connectivity index (χ0v) is 15.2. The van der Waals surface area contributed by atoms with E-state index >= 15 is 0 Å². The third-order valence-electron chi connectivity index (χ3n) is 5.84. The van der Waals surface area contributed by atoms with Crippen LogP contribution in [-0.2, 0) is 0 Å². The Morgan fingerprint density at radius 1 is 1.27 bits per heavy atom. The Labute approximate surface area is 151 Å². The number of nitrogens with zero attached hydrogens (tertiary/aromatic N) is 5. The van der Waals surface area contributed by atoms with Crippen molar-refractivity contribution in [3.05, 3.63) is 47.0 Å². The molecule has 7 heteroatoms. The number of likely N-dealkylation sites (tertiary alicyclic amines) is 1. The summed E-state index contributed by atoms with van der Waals surface area (Å²) in [6, 6.07) is 6.06. The quantitative estimate of drug-likeness (QED) is 0.786. The van der Waals surface area contributed by atoms with E-state index in [1.807, 2.05) is 27.7 Å². The van der Waals surface area contributed by atoms with Gasteiger partial charge in [-0.25, -0.2) is 4.52 Å². The Bertz CT molecular complexity index is 991. The maximum Gasteiger partial charge on any atom is 0.274 e. The lowest BCUT2D eigenvalue weighted by Gasteiger charge is -2.18. The van der Waals surface area contributed by atoms with Crippen molar-refractivity contribution in [3.63, 3.8) is 0 Å². The Morgan fingerprint density at radius 2 is 2.04 bits per heavy atom. The molecule has 26 heavy (non-hydrogen) atoms. The third-order valence-corrected chi connectivity index (χ3v) is 5.84. The molecule has 2 atom stereocenters. The minimum atomic E-state index is 0.0303. The zero-order chi connectivity index (χ0) is 18.0. The Morgan fingerprint density at radius 3 is 2.73 bits per heavy atom. The van der Waals surface area contributed by atoms with Gasteiger partial charge in [0.25, 0.3) is 5.91 Å². The molecule has 3 aromatic rings. The fourth-order valence-corrected chi connectivity index (χ4v) is 4.25. The van der Waals surface area contributed by atoms with Gasteiger partial charge >= 0.3 is 0 Å². The Kier molecular flexibility index (Phi) is 3.23. The van der Waals surface area contributed by atoms with Crippen LogP contribution in [0.2, 0.25) is 0 Å². The molecule has 7 nitrogen and oxygen atoms in total. The number of aryl methyl sites for hydroxylation is 1. The first-order chi connectivity index (χ1) is 12.5. The van der Waals surface area contributed by atoms with E-state index in [0.29, 0.717) is 29.4 Å². The first-order valence-electron chi connectivity index (χ1n) is 9.19. The summed E-state index contributed by atoms with van der Waals surface area (Å²) < 4.78 is 1.84. The van der Waals surface area contributed by atoms with Gasteiger partial charge in [0.15, 0.2) is 0 Å². The van der Waals surface area contributed by atoms with Crippen molar-refractivity contribution in [1.82, 2.24) is 29.9 Å². The van der Waals surface area contributed by atoms with Crippen molar-refractivity contribution in [2.45, 2.75) is 32.6 Å². The predicted octanol–water partition coefficient (Wildman–Crippen LogP) is 2.37. The average molecular weight is 350 g/mol. The van der Waals surface area contributed by atoms with Gasteiger partial charge in [-0.2, -0.15) is 5.10 Å². The molecular formula is C19H22N6O. The van der Waals surface area contributed by atoms with Gasteiger partial charge in [-0.15, -0.1) is 5.10 Å². The second-order valence-corrected chi connectivity index (χ2v) is 7.94. The number of nitrogens with one attached hydrogen (secondary N) is 1. The van der Waals surface area contributed by atoms with Gasteiger partial charge in [0.2, 0.25) is 0 Å². The second kappa shape index (κ2) is 5.40. The van der Waals surface area contributed by atoms with Gasteiger partial charge in [0.05, 0.1) is 11.2 Å². The summed E-state index contributed by atoms with van der Waals surface area (Å²) in [5.74, 6) is 1.77. The molecule has 4 heterocycles. The number of carbonyl (C=O) groups excluding carboxylic acids is 1. The maximum atomic E-state index is 12.7. The fraction of sp³-hybridized carbons (Fsp3) is 0.474. The van der Waals surface area contributed by atoms with Crippen LogP contribution >= 0.6 is 0 Å². The summed E-state index contributed by atoms with van der Waals surface area (Å²) in [5.41, 5.74) is 4.91. The van der Waals surface area contributed by atoms with Gasteiger partial charge in [-0.3, -0.25) is 9.89 Å². The molecule has 2 aliphatic rings. The van der Waals surface area contributed by atoms with Crippen LogP contribution in [0.25, 0.3) is 5.52 Å². The topological polar surface area (TPSA) is 79.2 Å². The molecule has 0 bridgehead atoms. The molecule has 1 saturated carbocycles. The van der Waals surface area contributed by atoms with E-state index in [1.165, 1.54) is 5.56 Å². The molecule has 1 amide bonds. The van der Waals surface area contributed by atoms with E-state index in [-0.39, 0.29) is 5.91 Å². The lowest BCUT2D eigenvalue weighted by molar-refractivity contribution is 0.0766. The number of rotatable bonds is 3. The summed E-state index contributed by atoms with van der Waals surface area (Å²) in [4.78, 5) is 14.6. The zero-order valence-electron chi connectivity index (χ0n) is 15.2. The van der Waals surface area contributed by atoms with E-state index in [2.05, 4.69) is 47.3 Å². The van der Waals surface area contributed by atoms with Crippen molar-refractivity contribution in [2.24, 2.45) is 11.8 Å². The van der Waals surface area contributed by atoms with Crippen LogP contribution in [0.3, 0.4) is 0 Å². The van der Waals surface area contributed by atoms with Crippen molar-refractivity contribution in [1.29, 1.82) is 0 Å². The highest BCUT2D eigenvalue weighted by Gasteiger charge is 2.59. The van der Waals surface area contributed by atoms with Crippen molar-refractivity contribution in [3.8, 4) is 0 Å². The van der Waals surface area contributed by atoms with Crippen LogP contribution in [0, 0.1) is 18.8 Å². The predicted molar refractivity (Wildman–Crippen MR) is 96.0 cm³/mol. The molecule has 1 aliphatic carbocycles. The van der Waals surface area contributed by atoms with Crippen LogP contribution in [0.5, 0.6) is 0 Å². The van der Waals surface area contributed by atoms with Crippen LogP contribution in [0.15, 0.2) is 24.4 Å². The van der Waals surface area contributed by atoms with Crippen LogP contribution in [0.4, 0.5) is 0 Å². The molecule has 0 aromatic carbocycles. The molecule has 134 valence electrons. The lowest BCUT2D eigenvalue weighted by atomic mass is 10.1. The minimum absolute atomic E-state index is 0.0303. The summed E-state index contributed by atoms with van der Waals surface area (Å²) in [6.07, 6.45) is 1.96. The fourth-order valence-electron chi connectivity index (χ4n) is 4.25. The highest BCUT2D eigenvalue weighted by atomic mass is 16.2. The van der Waals surface area contributed by atoms with Crippen molar-refractivity contribution >= 4 is 11.4 Å². The first kappa shape index (κ1) is 15.5. The summed E-state index contributed by atoms with van der Waals surface area (Å²) in [7, 11) is 0. The molecule has 2 unspecified atom stereocenters. The average Bonchev–Trinajstić information content (AvgIpc) is 3.10. The normalized spacial score (nSPS) is 24.5. The monoisotopic (exact) mass is 350 g/mol. The van der Waals surface area contributed by atoms with E-state index in [9.17, 15) is 4.79 Å². The van der Waals surface area contributed by atoms with Crippen molar-refractivity contribution in [2.75, 3.05) is 13.1 Å². The van der Waals surface area contributed by atoms with Crippen molar-refractivity contribution < 1.29 is 4.79 Å². The van der Waals surface area contributed by atoms with E-state index in [0.717, 1.165) is 30.0 Å². The summed E-state index contributed by atoms with van der Waals surface area (Å²) in [5, 5.41) is 15.8. The molecule has 1 saturated heterocycles. The minimum Gasteiger partial charge on any atom is -0.337 e. The number of pyridine rings is 1. The largest absolute Gasteiger partial charge is 0.337 e. The number of piperidine rings is 1. The second-order valence-electron chi connectivity index (χ2n) is 7.94. The van der Waals surface area contributed by atoms with E-state index < -0.39 is 0 Å². The number of carbonyl (C=O) groups is 1. The van der Waals surface area contributed by atoms with Gasteiger partial charge in [-0.1, -0.05) is 19.1 Å². The highest BCUT2D eigenvalue weighted by molar-refractivity contribution is 5.92. The Hall–Kier alpha value is -2.70. The molecule has 1 N–H and O–H groups in total. The number of hydrogen-bond acceptors (Lipinski definition) is 4. The summed E-state index contributed by atoms with van der Waals surface area (Å²) in [6.45, 7) is 7.82. The van der Waals surface area contributed by atoms with E-state index in [4.69, 9.17) is 0 Å². The first-order valence-corrected chi connectivity index (χ1v) is 9.19. The number of fused-ring (bicyclic) bond motifs is 2. The maximum absolute atomic E-state index is 12.7. The number of aromatic amines is 1. The van der Waals surface area contributed by atoms with E-state index in [1.54, 1.807) is 0 Å². The lowest BCUT2D eigenvalue weighted by Crippen LogP contribution is -2.31. The Balaban J connectivity index is 1.32. The van der Waals surface area contributed by atoms with Gasteiger partial charge in [-0.05, 0) is 48.4 Å². The molecule has 3 aromatic heterocycles. The van der Waals surface area contributed by atoms with Crippen LogP contribution in [-0.4, -0.2) is 48.9 Å². The summed E-state index contributed by atoms with van der Waals surface area (Å²) >= 11 is 0. The molecule has 2 fully saturated rings. The van der Waals surface area contributed by atoms with Crippen LogP contribution in [0.1, 0.15) is 53.1 Å². The van der Waals surface area contributed by atoms with Crippen LogP contribution < -0.4 is 0 Å².